The molecule has 1 fully saturated rings. The van der Waals surface area contributed by atoms with Crippen molar-refractivity contribution in [3.63, 3.8) is 0 Å². The molecule has 1 aromatic rings. The first-order valence-electron chi connectivity index (χ1n) is 7.38. The minimum atomic E-state index is 0.291. The van der Waals surface area contributed by atoms with E-state index in [0.717, 1.165) is 43.4 Å². The molecule has 1 aliphatic carbocycles. The lowest BCUT2D eigenvalue weighted by molar-refractivity contribution is 0.189. The van der Waals surface area contributed by atoms with Crippen LogP contribution < -0.4 is 0 Å². The minimum absolute atomic E-state index is 0.291. The average Bonchev–Trinajstić information content (AvgIpc) is 3.05. The predicted octanol–water partition coefficient (Wildman–Crippen LogP) is 1.96. The van der Waals surface area contributed by atoms with Crippen LogP contribution in [0.4, 0.5) is 0 Å². The van der Waals surface area contributed by atoms with Crippen LogP contribution in [-0.2, 0) is 19.4 Å². The first-order chi connectivity index (χ1) is 8.86. The third-order valence-electron chi connectivity index (χ3n) is 4.63. The molecule has 1 saturated carbocycles. The van der Waals surface area contributed by atoms with Gasteiger partial charge in [-0.1, -0.05) is 25.7 Å². The number of aromatic nitrogens is 3. The molecule has 0 radical (unpaired) electrons. The zero-order chi connectivity index (χ0) is 12.4. The van der Waals surface area contributed by atoms with Crippen LogP contribution in [0.2, 0.25) is 0 Å². The van der Waals surface area contributed by atoms with E-state index in [1.165, 1.54) is 32.1 Å². The SMILES string of the molecule is OCC1CCc2nnc(CCC3CCCC3)n2C1. The summed E-state index contributed by atoms with van der Waals surface area (Å²) in [5, 5.41) is 18.0. The molecule has 0 aromatic carbocycles. The molecule has 3 rings (SSSR count). The van der Waals surface area contributed by atoms with Gasteiger partial charge in [0.25, 0.3) is 0 Å². The topological polar surface area (TPSA) is 50.9 Å². The van der Waals surface area contributed by atoms with E-state index in [-0.39, 0.29) is 0 Å². The summed E-state index contributed by atoms with van der Waals surface area (Å²) in [5.41, 5.74) is 0. The van der Waals surface area contributed by atoms with E-state index >= 15 is 0 Å². The molecule has 4 heteroatoms. The van der Waals surface area contributed by atoms with Crippen molar-refractivity contribution in [3.8, 4) is 0 Å². The highest BCUT2D eigenvalue weighted by molar-refractivity contribution is 5.00. The van der Waals surface area contributed by atoms with Gasteiger partial charge in [0.2, 0.25) is 0 Å². The Morgan fingerprint density at radius 3 is 2.72 bits per heavy atom. The number of aryl methyl sites for hydroxylation is 2. The molecule has 100 valence electrons. The van der Waals surface area contributed by atoms with Crippen molar-refractivity contribution in [2.24, 2.45) is 11.8 Å². The van der Waals surface area contributed by atoms with Crippen molar-refractivity contribution in [3.05, 3.63) is 11.6 Å². The van der Waals surface area contributed by atoms with Crippen molar-refractivity contribution in [1.29, 1.82) is 0 Å². The summed E-state index contributed by atoms with van der Waals surface area (Å²) in [5.74, 6) is 3.59. The fraction of sp³-hybridized carbons (Fsp3) is 0.857. The van der Waals surface area contributed by atoms with Crippen LogP contribution >= 0.6 is 0 Å². The number of aliphatic hydroxyl groups is 1. The molecule has 2 aliphatic rings. The molecule has 1 aliphatic heterocycles. The Morgan fingerprint density at radius 2 is 1.94 bits per heavy atom. The maximum Gasteiger partial charge on any atom is 0.133 e. The average molecular weight is 249 g/mol. The number of aliphatic hydroxyl groups excluding tert-OH is 1. The van der Waals surface area contributed by atoms with Gasteiger partial charge in [0.05, 0.1) is 0 Å². The van der Waals surface area contributed by atoms with Crippen molar-refractivity contribution >= 4 is 0 Å². The molecule has 0 bridgehead atoms. The Balaban J connectivity index is 1.64. The maximum atomic E-state index is 9.29. The van der Waals surface area contributed by atoms with Crippen molar-refractivity contribution in [2.45, 2.75) is 57.9 Å². The van der Waals surface area contributed by atoms with E-state index in [1.807, 2.05) is 0 Å². The van der Waals surface area contributed by atoms with Crippen LogP contribution in [0.15, 0.2) is 0 Å². The van der Waals surface area contributed by atoms with Crippen LogP contribution in [0.1, 0.15) is 50.2 Å². The lowest BCUT2D eigenvalue weighted by atomic mass is 9.99. The zero-order valence-electron chi connectivity index (χ0n) is 11.0. The summed E-state index contributed by atoms with van der Waals surface area (Å²) in [6.45, 7) is 1.21. The van der Waals surface area contributed by atoms with Gasteiger partial charge in [-0.25, -0.2) is 0 Å². The van der Waals surface area contributed by atoms with E-state index in [0.29, 0.717) is 12.5 Å². The highest BCUT2D eigenvalue weighted by atomic mass is 16.3. The summed E-state index contributed by atoms with van der Waals surface area (Å²) in [6.07, 6.45) is 9.99. The molecule has 0 amide bonds. The molecule has 1 atom stereocenters. The second kappa shape index (κ2) is 5.39. The van der Waals surface area contributed by atoms with Gasteiger partial charge in [-0.3, -0.25) is 0 Å². The Morgan fingerprint density at radius 1 is 1.11 bits per heavy atom. The van der Waals surface area contributed by atoms with Gasteiger partial charge in [-0.15, -0.1) is 10.2 Å². The van der Waals surface area contributed by atoms with Gasteiger partial charge in [0, 0.05) is 31.9 Å². The molecule has 0 saturated heterocycles. The van der Waals surface area contributed by atoms with E-state index < -0.39 is 0 Å². The van der Waals surface area contributed by atoms with E-state index in [4.69, 9.17) is 0 Å². The van der Waals surface area contributed by atoms with Gasteiger partial charge in [-0.2, -0.15) is 0 Å². The van der Waals surface area contributed by atoms with Gasteiger partial charge in [0.1, 0.15) is 11.6 Å². The molecular formula is C14H23N3O. The predicted molar refractivity (Wildman–Crippen MR) is 69.2 cm³/mol. The van der Waals surface area contributed by atoms with Crippen LogP contribution in [0.25, 0.3) is 0 Å². The second-order valence-electron chi connectivity index (χ2n) is 5.92. The summed E-state index contributed by atoms with van der Waals surface area (Å²) in [6, 6.07) is 0. The Kier molecular flexibility index (Phi) is 3.64. The van der Waals surface area contributed by atoms with E-state index in [2.05, 4.69) is 14.8 Å². The third kappa shape index (κ3) is 2.44. The summed E-state index contributed by atoms with van der Waals surface area (Å²) < 4.78 is 2.26. The number of hydrogen-bond donors (Lipinski definition) is 1. The van der Waals surface area contributed by atoms with Crippen LogP contribution in [0.5, 0.6) is 0 Å². The molecular weight excluding hydrogens is 226 g/mol. The highest BCUT2D eigenvalue weighted by Gasteiger charge is 2.23. The molecule has 1 N–H and O–H groups in total. The first-order valence-corrected chi connectivity index (χ1v) is 7.38. The van der Waals surface area contributed by atoms with Gasteiger partial charge >= 0.3 is 0 Å². The normalized spacial score (nSPS) is 24.4. The monoisotopic (exact) mass is 249 g/mol. The zero-order valence-corrected chi connectivity index (χ0v) is 11.0. The number of rotatable bonds is 4. The summed E-state index contributed by atoms with van der Waals surface area (Å²) in [4.78, 5) is 0. The van der Waals surface area contributed by atoms with E-state index in [9.17, 15) is 5.11 Å². The molecule has 4 nitrogen and oxygen atoms in total. The lowest BCUT2D eigenvalue weighted by Gasteiger charge is -2.22. The summed E-state index contributed by atoms with van der Waals surface area (Å²) in [7, 11) is 0. The van der Waals surface area contributed by atoms with Gasteiger partial charge in [0.15, 0.2) is 0 Å². The van der Waals surface area contributed by atoms with Crippen LogP contribution in [0, 0.1) is 11.8 Å². The number of nitrogens with zero attached hydrogens (tertiary/aromatic N) is 3. The quantitative estimate of drug-likeness (QED) is 0.887. The Bertz CT molecular complexity index is 396. The number of fused-ring (bicyclic) bond motifs is 1. The van der Waals surface area contributed by atoms with Crippen molar-refractivity contribution in [2.75, 3.05) is 6.61 Å². The standard InChI is InChI=1S/C14H23N3O/c18-10-12-6-8-14-16-15-13(17(14)9-12)7-5-11-3-1-2-4-11/h11-12,18H,1-10H2. The lowest BCUT2D eigenvalue weighted by Crippen LogP contribution is -2.24. The maximum absolute atomic E-state index is 9.29. The highest BCUT2D eigenvalue weighted by Crippen LogP contribution is 2.29. The first kappa shape index (κ1) is 12.2. The van der Waals surface area contributed by atoms with Gasteiger partial charge in [-0.05, 0) is 18.8 Å². The van der Waals surface area contributed by atoms with E-state index in [1.54, 1.807) is 0 Å². The molecule has 18 heavy (non-hydrogen) atoms. The molecule has 0 spiro atoms. The van der Waals surface area contributed by atoms with Crippen LogP contribution in [-0.4, -0.2) is 26.5 Å². The summed E-state index contributed by atoms with van der Waals surface area (Å²) >= 11 is 0. The minimum Gasteiger partial charge on any atom is -0.396 e. The fourth-order valence-electron chi connectivity index (χ4n) is 3.42. The van der Waals surface area contributed by atoms with Crippen LogP contribution in [0.3, 0.4) is 0 Å². The van der Waals surface area contributed by atoms with Crippen molar-refractivity contribution in [1.82, 2.24) is 14.8 Å². The molecule has 1 unspecified atom stereocenters. The smallest absolute Gasteiger partial charge is 0.133 e. The third-order valence-corrected chi connectivity index (χ3v) is 4.63. The second-order valence-corrected chi connectivity index (χ2v) is 5.92. The van der Waals surface area contributed by atoms with Gasteiger partial charge < -0.3 is 9.67 Å². The largest absolute Gasteiger partial charge is 0.396 e. The Hall–Kier alpha value is -0.900. The fourth-order valence-corrected chi connectivity index (χ4v) is 3.42. The Labute approximate surface area is 108 Å². The molecule has 1 aromatic heterocycles. The number of hydrogen-bond acceptors (Lipinski definition) is 3. The molecule has 2 heterocycles. The van der Waals surface area contributed by atoms with Crippen molar-refractivity contribution < 1.29 is 5.11 Å².